The summed E-state index contributed by atoms with van der Waals surface area (Å²) in [6.45, 7) is 8.38. The van der Waals surface area contributed by atoms with Gasteiger partial charge in [0.15, 0.2) is 11.5 Å². The summed E-state index contributed by atoms with van der Waals surface area (Å²) in [5.74, 6) is -2.86. The Morgan fingerprint density at radius 3 is 1.55 bits per heavy atom. The Kier molecular flexibility index (Phi) is 7.87. The van der Waals surface area contributed by atoms with Crippen LogP contribution in [0.5, 0.6) is 17.2 Å². The molecule has 29 heavy (non-hydrogen) atoms. The number of carbonyl (C=O) groups excluding carboxylic acids is 1. The van der Waals surface area contributed by atoms with E-state index in [0.717, 1.165) is 0 Å². The second-order valence-electron chi connectivity index (χ2n) is 6.27. The molecule has 1 aromatic rings. The monoisotopic (exact) mass is 412 g/mol. The number of methoxy groups -OCH3 is 3. The van der Waals surface area contributed by atoms with Crippen molar-refractivity contribution < 1.29 is 38.0 Å². The molecule has 8 nitrogen and oxygen atoms in total. The Morgan fingerprint density at radius 2 is 1.21 bits per heavy atom. The van der Waals surface area contributed by atoms with Gasteiger partial charge in [0.2, 0.25) is 17.3 Å². The predicted octanol–water partition coefficient (Wildman–Crippen LogP) is 2.92. The minimum atomic E-state index is -1.65. The summed E-state index contributed by atoms with van der Waals surface area (Å²) in [4.78, 5) is 13.5. The highest BCUT2D eigenvalue weighted by atomic mass is 16.8. The third-order valence-corrected chi connectivity index (χ3v) is 4.86. The van der Waals surface area contributed by atoms with E-state index in [-0.39, 0.29) is 19.0 Å². The fourth-order valence-corrected chi connectivity index (χ4v) is 3.90. The number of ether oxygens (including phenoxy) is 7. The van der Waals surface area contributed by atoms with E-state index < -0.39 is 17.5 Å². The normalized spacial score (nSPS) is 19.6. The lowest BCUT2D eigenvalue weighted by Crippen LogP contribution is -2.79. The van der Waals surface area contributed by atoms with E-state index in [9.17, 15) is 4.79 Å². The maximum atomic E-state index is 13.5. The van der Waals surface area contributed by atoms with Gasteiger partial charge in [-0.2, -0.15) is 0 Å². The number of hydrogen-bond acceptors (Lipinski definition) is 8. The Labute approximate surface area is 172 Å². The second-order valence-corrected chi connectivity index (χ2v) is 6.27. The predicted molar refractivity (Wildman–Crippen MR) is 106 cm³/mol. The maximum absolute atomic E-state index is 13.5. The molecule has 0 saturated heterocycles. The van der Waals surface area contributed by atoms with Crippen molar-refractivity contribution in [3.63, 3.8) is 0 Å². The van der Waals surface area contributed by atoms with Crippen LogP contribution in [0.1, 0.15) is 39.2 Å². The van der Waals surface area contributed by atoms with Crippen LogP contribution in [-0.4, -0.2) is 65.1 Å². The fourth-order valence-electron chi connectivity index (χ4n) is 3.90. The minimum absolute atomic E-state index is 0.260. The first-order valence-electron chi connectivity index (χ1n) is 9.86. The zero-order valence-corrected chi connectivity index (χ0v) is 18.3. The van der Waals surface area contributed by atoms with Gasteiger partial charge in [-0.3, -0.25) is 4.79 Å². The molecule has 164 valence electrons. The smallest absolute Gasteiger partial charge is 0.287 e. The second kappa shape index (κ2) is 9.75. The topological polar surface area (TPSA) is 81.7 Å². The molecule has 0 N–H and O–H groups in total. The first-order chi connectivity index (χ1) is 14.0. The largest absolute Gasteiger partial charge is 0.493 e. The van der Waals surface area contributed by atoms with Gasteiger partial charge in [-0.25, -0.2) is 0 Å². The van der Waals surface area contributed by atoms with Gasteiger partial charge in [-0.05, 0) is 45.4 Å². The Balaban J connectivity index is 2.68. The quantitative estimate of drug-likeness (QED) is 0.485. The van der Waals surface area contributed by atoms with E-state index in [1.54, 1.807) is 26.0 Å². The van der Waals surface area contributed by atoms with Gasteiger partial charge in [0.25, 0.3) is 5.79 Å². The highest BCUT2D eigenvalue weighted by Crippen LogP contribution is 2.57. The first kappa shape index (κ1) is 23.4. The molecule has 0 spiro atoms. The third-order valence-electron chi connectivity index (χ3n) is 4.86. The van der Waals surface area contributed by atoms with E-state index in [4.69, 9.17) is 33.2 Å². The molecular weight excluding hydrogens is 380 g/mol. The summed E-state index contributed by atoms with van der Waals surface area (Å²) in [7, 11) is 4.56. The molecule has 0 heterocycles. The molecule has 1 aromatic carbocycles. The van der Waals surface area contributed by atoms with Crippen molar-refractivity contribution in [2.75, 3.05) is 47.8 Å². The van der Waals surface area contributed by atoms with Crippen LogP contribution in [0, 0.1) is 0 Å². The number of benzene rings is 1. The standard InChI is InChI=1S/C21H32O8/c1-8-26-20(27-9-2)17(19(22)21(20,28-10-3)29-11-4)14-12-15(23-5)18(25-7)16(13-14)24-6/h12-13,17H,8-11H2,1-7H3. The van der Waals surface area contributed by atoms with Gasteiger partial charge >= 0.3 is 0 Å². The molecule has 1 aliphatic carbocycles. The lowest BCUT2D eigenvalue weighted by atomic mass is 9.66. The number of Topliss-reactive ketones (excluding diaryl/α,β-unsaturated/α-hetero) is 1. The summed E-state index contributed by atoms with van der Waals surface area (Å²) in [5.41, 5.74) is 0.599. The average molecular weight is 412 g/mol. The number of carbonyl (C=O) groups is 1. The van der Waals surface area contributed by atoms with Crippen molar-refractivity contribution in [1.29, 1.82) is 0 Å². The minimum Gasteiger partial charge on any atom is -0.493 e. The molecule has 8 heteroatoms. The van der Waals surface area contributed by atoms with Crippen LogP contribution in [0.15, 0.2) is 12.1 Å². The van der Waals surface area contributed by atoms with Crippen molar-refractivity contribution >= 4 is 5.78 Å². The van der Waals surface area contributed by atoms with Crippen LogP contribution in [0.25, 0.3) is 0 Å². The van der Waals surface area contributed by atoms with Crippen LogP contribution in [0.2, 0.25) is 0 Å². The summed E-state index contributed by atoms with van der Waals surface area (Å²) >= 11 is 0. The maximum Gasteiger partial charge on any atom is 0.287 e. The van der Waals surface area contributed by atoms with E-state index in [2.05, 4.69) is 0 Å². The van der Waals surface area contributed by atoms with Gasteiger partial charge in [-0.1, -0.05) is 0 Å². The third kappa shape index (κ3) is 3.59. The molecule has 0 amide bonds. The van der Waals surface area contributed by atoms with Crippen LogP contribution < -0.4 is 14.2 Å². The molecule has 1 atom stereocenters. The number of ketones is 1. The van der Waals surface area contributed by atoms with E-state index in [1.807, 2.05) is 13.8 Å². The van der Waals surface area contributed by atoms with Gasteiger partial charge in [0, 0.05) is 26.4 Å². The van der Waals surface area contributed by atoms with Crippen LogP contribution in [0.3, 0.4) is 0 Å². The molecule has 0 aromatic heterocycles. The highest BCUT2D eigenvalue weighted by Gasteiger charge is 2.78. The summed E-state index contributed by atoms with van der Waals surface area (Å²) in [5, 5.41) is 0. The van der Waals surface area contributed by atoms with Crippen molar-refractivity contribution in [3.8, 4) is 17.2 Å². The Morgan fingerprint density at radius 1 is 0.759 bits per heavy atom. The summed E-state index contributed by atoms with van der Waals surface area (Å²) in [6, 6.07) is 3.44. The van der Waals surface area contributed by atoms with Crippen molar-refractivity contribution in [2.24, 2.45) is 0 Å². The molecule has 1 unspecified atom stereocenters. The molecular formula is C21H32O8. The Bertz CT molecular complexity index is 665. The van der Waals surface area contributed by atoms with Crippen LogP contribution >= 0.6 is 0 Å². The SMILES string of the molecule is CCOC1(OCC)C(=O)C(c2cc(OC)c(OC)c(OC)c2)C1(OCC)OCC. The molecule has 0 radical (unpaired) electrons. The number of hydrogen-bond donors (Lipinski definition) is 0. The van der Waals surface area contributed by atoms with Gasteiger partial charge in [0.05, 0.1) is 21.3 Å². The van der Waals surface area contributed by atoms with Crippen molar-refractivity contribution in [1.82, 2.24) is 0 Å². The number of rotatable bonds is 12. The molecule has 0 bridgehead atoms. The molecule has 1 saturated carbocycles. The molecule has 2 rings (SSSR count). The van der Waals surface area contributed by atoms with Gasteiger partial charge in [0.1, 0.15) is 5.92 Å². The lowest BCUT2D eigenvalue weighted by Gasteiger charge is -2.58. The molecule has 0 aliphatic heterocycles. The lowest BCUT2D eigenvalue weighted by molar-refractivity contribution is -0.423. The van der Waals surface area contributed by atoms with Gasteiger partial charge in [-0.15, -0.1) is 0 Å². The molecule has 1 aliphatic rings. The zero-order valence-electron chi connectivity index (χ0n) is 18.3. The zero-order chi connectivity index (χ0) is 21.7. The first-order valence-corrected chi connectivity index (χ1v) is 9.86. The molecule has 1 fully saturated rings. The fraction of sp³-hybridized carbons (Fsp3) is 0.667. The Hall–Kier alpha value is -1.87. The highest BCUT2D eigenvalue weighted by molar-refractivity contribution is 6.02. The summed E-state index contributed by atoms with van der Waals surface area (Å²) in [6.07, 6.45) is 0. The average Bonchev–Trinajstić information content (AvgIpc) is 2.72. The van der Waals surface area contributed by atoms with E-state index in [0.29, 0.717) is 36.0 Å². The van der Waals surface area contributed by atoms with E-state index in [1.165, 1.54) is 21.3 Å². The van der Waals surface area contributed by atoms with Crippen molar-refractivity contribution in [3.05, 3.63) is 17.7 Å². The van der Waals surface area contributed by atoms with E-state index >= 15 is 0 Å². The van der Waals surface area contributed by atoms with Gasteiger partial charge < -0.3 is 33.2 Å². The van der Waals surface area contributed by atoms with Crippen LogP contribution in [-0.2, 0) is 23.7 Å². The van der Waals surface area contributed by atoms with Crippen molar-refractivity contribution in [2.45, 2.75) is 45.2 Å². The van der Waals surface area contributed by atoms with Crippen LogP contribution in [0.4, 0.5) is 0 Å². The summed E-state index contributed by atoms with van der Waals surface area (Å²) < 4.78 is 40.1.